The van der Waals surface area contributed by atoms with Gasteiger partial charge in [0.2, 0.25) is 0 Å². The fourth-order valence-electron chi connectivity index (χ4n) is 1.92. The van der Waals surface area contributed by atoms with Crippen molar-refractivity contribution < 1.29 is 4.79 Å². The largest absolute Gasteiger partial charge is 0.381 e. The van der Waals surface area contributed by atoms with E-state index in [9.17, 15) is 4.79 Å². The molecule has 0 radical (unpaired) electrons. The van der Waals surface area contributed by atoms with Crippen LogP contribution in [0.5, 0.6) is 0 Å². The summed E-state index contributed by atoms with van der Waals surface area (Å²) in [6, 6.07) is 0. The minimum Gasteiger partial charge on any atom is -0.381 e. The van der Waals surface area contributed by atoms with Crippen molar-refractivity contribution in [2.45, 2.75) is 25.7 Å². The number of allylic oxidation sites excluding steroid dienone is 2. The van der Waals surface area contributed by atoms with Crippen molar-refractivity contribution >= 4 is 5.78 Å². The van der Waals surface area contributed by atoms with Crippen molar-refractivity contribution in [3.63, 3.8) is 0 Å². The molecule has 1 N–H and O–H groups in total. The van der Waals surface area contributed by atoms with Gasteiger partial charge in [-0.25, -0.2) is 0 Å². The Labute approximate surface area is 66.7 Å². The molecule has 60 valence electrons. The highest BCUT2D eigenvalue weighted by Crippen LogP contribution is 2.28. The third kappa shape index (κ3) is 1.30. The summed E-state index contributed by atoms with van der Waals surface area (Å²) in [5.41, 5.74) is 1.33. The first-order valence-electron chi connectivity index (χ1n) is 4.32. The van der Waals surface area contributed by atoms with Gasteiger partial charge in [0.15, 0.2) is 5.78 Å². The predicted molar refractivity (Wildman–Crippen MR) is 43.1 cm³/mol. The fourth-order valence-corrected chi connectivity index (χ4v) is 1.92. The zero-order valence-corrected chi connectivity index (χ0v) is 6.60. The van der Waals surface area contributed by atoms with E-state index in [0.717, 1.165) is 6.42 Å². The number of nitrogens with one attached hydrogen (secondary N) is 1. The highest BCUT2D eigenvalue weighted by molar-refractivity contribution is 5.82. The van der Waals surface area contributed by atoms with E-state index < -0.39 is 0 Å². The van der Waals surface area contributed by atoms with Crippen molar-refractivity contribution in [1.29, 1.82) is 0 Å². The standard InChI is InChI=1S/C9H13NO/c11-8-5-7-3-1-2-4-9(7)10-6-8/h4,7,10H,1-3,5-6H2. The van der Waals surface area contributed by atoms with Gasteiger partial charge in [-0.2, -0.15) is 0 Å². The maximum absolute atomic E-state index is 11.0. The highest BCUT2D eigenvalue weighted by atomic mass is 16.1. The van der Waals surface area contributed by atoms with Crippen LogP contribution in [0.4, 0.5) is 0 Å². The van der Waals surface area contributed by atoms with E-state index in [1.54, 1.807) is 0 Å². The summed E-state index contributed by atoms with van der Waals surface area (Å²) in [6.45, 7) is 0.558. The van der Waals surface area contributed by atoms with Crippen molar-refractivity contribution in [3.05, 3.63) is 11.8 Å². The lowest BCUT2D eigenvalue weighted by molar-refractivity contribution is -0.119. The lowest BCUT2D eigenvalue weighted by Gasteiger charge is -2.28. The van der Waals surface area contributed by atoms with Gasteiger partial charge in [0, 0.05) is 18.0 Å². The summed E-state index contributed by atoms with van der Waals surface area (Å²) in [5, 5.41) is 3.18. The van der Waals surface area contributed by atoms with Gasteiger partial charge < -0.3 is 5.32 Å². The molecule has 0 aromatic rings. The number of hydrogen-bond acceptors (Lipinski definition) is 2. The molecule has 0 bridgehead atoms. The number of ketones is 1. The van der Waals surface area contributed by atoms with Gasteiger partial charge in [-0.15, -0.1) is 0 Å². The molecule has 2 rings (SSSR count). The van der Waals surface area contributed by atoms with E-state index in [1.807, 2.05) is 0 Å². The Kier molecular flexibility index (Phi) is 1.68. The van der Waals surface area contributed by atoms with E-state index in [0.29, 0.717) is 18.2 Å². The first-order chi connectivity index (χ1) is 5.36. The van der Waals surface area contributed by atoms with Crippen LogP contribution in [0.25, 0.3) is 0 Å². The summed E-state index contributed by atoms with van der Waals surface area (Å²) >= 11 is 0. The highest BCUT2D eigenvalue weighted by Gasteiger charge is 2.24. The molecule has 0 spiro atoms. The topological polar surface area (TPSA) is 29.1 Å². The molecule has 1 saturated heterocycles. The van der Waals surface area contributed by atoms with Gasteiger partial charge >= 0.3 is 0 Å². The molecule has 2 heteroatoms. The van der Waals surface area contributed by atoms with Crippen LogP contribution in [0, 0.1) is 5.92 Å². The van der Waals surface area contributed by atoms with Crippen LogP contribution in [0.1, 0.15) is 25.7 Å². The lowest BCUT2D eigenvalue weighted by atomic mass is 9.86. The Hall–Kier alpha value is -0.790. The van der Waals surface area contributed by atoms with Gasteiger partial charge in [-0.05, 0) is 19.3 Å². The molecule has 2 nitrogen and oxygen atoms in total. The molecule has 1 aliphatic carbocycles. The van der Waals surface area contributed by atoms with Crippen molar-refractivity contribution in [3.8, 4) is 0 Å². The van der Waals surface area contributed by atoms with Gasteiger partial charge in [-0.1, -0.05) is 6.08 Å². The quantitative estimate of drug-likeness (QED) is 0.564. The Balaban J connectivity index is 2.12. The Bertz CT molecular complexity index is 208. The van der Waals surface area contributed by atoms with Crippen LogP contribution in [-0.4, -0.2) is 12.3 Å². The summed E-state index contributed by atoms with van der Waals surface area (Å²) in [7, 11) is 0. The van der Waals surface area contributed by atoms with Crippen LogP contribution in [-0.2, 0) is 4.79 Å². The molecule has 0 amide bonds. The summed E-state index contributed by atoms with van der Waals surface area (Å²) < 4.78 is 0. The molecular weight excluding hydrogens is 138 g/mol. The van der Waals surface area contributed by atoms with E-state index in [4.69, 9.17) is 0 Å². The smallest absolute Gasteiger partial charge is 0.152 e. The van der Waals surface area contributed by atoms with E-state index in [-0.39, 0.29) is 0 Å². The first-order valence-corrected chi connectivity index (χ1v) is 4.32. The molecule has 1 heterocycles. The zero-order valence-electron chi connectivity index (χ0n) is 6.60. The average molecular weight is 151 g/mol. The van der Waals surface area contributed by atoms with Crippen LogP contribution in [0.3, 0.4) is 0 Å². The number of rotatable bonds is 0. The summed E-state index contributed by atoms with van der Waals surface area (Å²) in [6.07, 6.45) is 6.67. The SMILES string of the molecule is O=C1CNC2=CCCCC2C1. The van der Waals surface area contributed by atoms with Gasteiger partial charge in [0.1, 0.15) is 0 Å². The number of carbonyl (C=O) groups is 1. The second kappa shape index (κ2) is 2.68. The molecule has 0 aromatic carbocycles. The average Bonchev–Trinajstić information content (AvgIpc) is 2.04. The molecule has 0 saturated carbocycles. The van der Waals surface area contributed by atoms with Crippen LogP contribution in [0.15, 0.2) is 11.8 Å². The number of hydrogen-bond donors (Lipinski definition) is 1. The minimum atomic E-state index is 0.369. The fraction of sp³-hybridized carbons (Fsp3) is 0.667. The number of piperidine rings is 1. The molecule has 1 fully saturated rings. The molecule has 2 aliphatic rings. The number of fused-ring (bicyclic) bond motifs is 1. The maximum Gasteiger partial charge on any atom is 0.152 e. The summed E-state index contributed by atoms with van der Waals surface area (Å²) in [4.78, 5) is 11.0. The Morgan fingerprint density at radius 3 is 3.36 bits per heavy atom. The second-order valence-electron chi connectivity index (χ2n) is 3.38. The van der Waals surface area contributed by atoms with Crippen LogP contribution in [0.2, 0.25) is 0 Å². The van der Waals surface area contributed by atoms with Crippen LogP contribution < -0.4 is 5.32 Å². The minimum absolute atomic E-state index is 0.369. The molecule has 1 atom stereocenters. The molecule has 0 aromatic heterocycles. The van der Waals surface area contributed by atoms with E-state index in [2.05, 4.69) is 11.4 Å². The third-order valence-corrected chi connectivity index (χ3v) is 2.52. The normalized spacial score (nSPS) is 30.4. The third-order valence-electron chi connectivity index (χ3n) is 2.52. The van der Waals surface area contributed by atoms with E-state index in [1.165, 1.54) is 25.0 Å². The van der Waals surface area contributed by atoms with Crippen molar-refractivity contribution in [2.24, 2.45) is 5.92 Å². The Morgan fingerprint density at radius 2 is 2.45 bits per heavy atom. The van der Waals surface area contributed by atoms with Crippen molar-refractivity contribution in [1.82, 2.24) is 5.32 Å². The first kappa shape index (κ1) is 6.89. The zero-order chi connectivity index (χ0) is 7.68. The Morgan fingerprint density at radius 1 is 1.55 bits per heavy atom. The van der Waals surface area contributed by atoms with Gasteiger partial charge in [0.25, 0.3) is 0 Å². The van der Waals surface area contributed by atoms with Gasteiger partial charge in [-0.3, -0.25) is 4.79 Å². The number of Topliss-reactive ketones (excluding diaryl/α,β-unsaturated/α-hetero) is 1. The second-order valence-corrected chi connectivity index (χ2v) is 3.38. The molecule has 1 aliphatic heterocycles. The van der Waals surface area contributed by atoms with E-state index >= 15 is 0 Å². The number of carbonyl (C=O) groups excluding carboxylic acids is 1. The molecule has 11 heavy (non-hydrogen) atoms. The lowest BCUT2D eigenvalue weighted by Crippen LogP contribution is -2.35. The predicted octanol–water partition coefficient (Wildman–Crippen LogP) is 1.23. The molecule has 1 unspecified atom stereocenters. The van der Waals surface area contributed by atoms with Crippen LogP contribution >= 0.6 is 0 Å². The summed E-state index contributed by atoms with van der Waals surface area (Å²) in [5.74, 6) is 0.902. The monoisotopic (exact) mass is 151 g/mol. The molecular formula is C9H13NO. The maximum atomic E-state index is 11.0. The van der Waals surface area contributed by atoms with Gasteiger partial charge in [0.05, 0.1) is 6.54 Å². The van der Waals surface area contributed by atoms with Crippen molar-refractivity contribution in [2.75, 3.05) is 6.54 Å².